The quantitative estimate of drug-likeness (QED) is 0.922. The van der Waals surface area contributed by atoms with E-state index in [1.807, 2.05) is 12.1 Å². The minimum Gasteiger partial charge on any atom is -0.378 e. The van der Waals surface area contributed by atoms with Gasteiger partial charge in [-0.25, -0.2) is 9.97 Å². The number of hydrogen-bond donors (Lipinski definition) is 1. The zero-order chi connectivity index (χ0) is 14.5. The Labute approximate surface area is 126 Å². The first-order valence-corrected chi connectivity index (χ1v) is 7.71. The molecule has 1 N–H and O–H groups in total. The Bertz CT molecular complexity index is 580. The van der Waals surface area contributed by atoms with Crippen LogP contribution in [0.25, 0.3) is 0 Å². The summed E-state index contributed by atoms with van der Waals surface area (Å²) >= 11 is 1.41. The molecule has 21 heavy (non-hydrogen) atoms. The van der Waals surface area contributed by atoms with E-state index in [0.29, 0.717) is 12.2 Å². The van der Waals surface area contributed by atoms with Crippen molar-refractivity contribution in [3.8, 4) is 0 Å². The Morgan fingerprint density at radius 2 is 2.19 bits per heavy atom. The number of anilines is 1. The molecule has 3 rings (SSSR count). The number of carbonyl (C=O) groups is 1. The third kappa shape index (κ3) is 3.56. The number of pyridine rings is 1. The monoisotopic (exact) mass is 304 g/mol. The molecular weight excluding hydrogens is 288 g/mol. The molecule has 0 radical (unpaired) electrons. The van der Waals surface area contributed by atoms with Gasteiger partial charge in [0.05, 0.1) is 18.7 Å². The number of ether oxygens (including phenoxy) is 1. The van der Waals surface area contributed by atoms with Crippen molar-refractivity contribution in [2.24, 2.45) is 0 Å². The zero-order valence-electron chi connectivity index (χ0n) is 11.5. The zero-order valence-corrected chi connectivity index (χ0v) is 12.3. The van der Waals surface area contributed by atoms with Crippen LogP contribution in [0, 0.1) is 0 Å². The van der Waals surface area contributed by atoms with Crippen LogP contribution in [0.5, 0.6) is 0 Å². The summed E-state index contributed by atoms with van der Waals surface area (Å²) in [4.78, 5) is 22.4. The summed E-state index contributed by atoms with van der Waals surface area (Å²) in [5, 5.41) is 4.56. The standard InChI is InChI=1S/C14H16N4O2S/c19-14(12-9-21-10-17-12)16-8-11-1-2-13(15-7-11)18-3-5-20-6-4-18/h1-2,7,9-10H,3-6,8H2,(H,16,19). The molecule has 110 valence electrons. The summed E-state index contributed by atoms with van der Waals surface area (Å²) in [5.74, 6) is 0.793. The third-order valence-electron chi connectivity index (χ3n) is 3.26. The third-order valence-corrected chi connectivity index (χ3v) is 3.85. The minimum absolute atomic E-state index is 0.159. The lowest BCUT2D eigenvalue weighted by atomic mass is 10.2. The first kappa shape index (κ1) is 14.0. The van der Waals surface area contributed by atoms with E-state index >= 15 is 0 Å². The summed E-state index contributed by atoms with van der Waals surface area (Å²) in [5.41, 5.74) is 3.07. The molecule has 0 bridgehead atoms. The molecule has 0 unspecified atom stereocenters. The molecule has 1 amide bonds. The Morgan fingerprint density at radius 1 is 1.33 bits per heavy atom. The van der Waals surface area contributed by atoms with Gasteiger partial charge in [-0.2, -0.15) is 0 Å². The number of nitrogens with one attached hydrogen (secondary N) is 1. The number of nitrogens with zero attached hydrogens (tertiary/aromatic N) is 3. The number of rotatable bonds is 4. The van der Waals surface area contributed by atoms with Gasteiger partial charge in [0.15, 0.2) is 0 Å². The van der Waals surface area contributed by atoms with Gasteiger partial charge in [-0.15, -0.1) is 11.3 Å². The Hall–Kier alpha value is -1.99. The van der Waals surface area contributed by atoms with Crippen molar-refractivity contribution >= 4 is 23.1 Å². The van der Waals surface area contributed by atoms with Gasteiger partial charge in [0, 0.05) is 31.2 Å². The van der Waals surface area contributed by atoms with Crippen LogP contribution in [-0.2, 0) is 11.3 Å². The van der Waals surface area contributed by atoms with Crippen LogP contribution in [-0.4, -0.2) is 42.2 Å². The Kier molecular flexibility index (Phi) is 4.42. The molecular formula is C14H16N4O2S. The first-order chi connectivity index (χ1) is 10.3. The second-order valence-electron chi connectivity index (χ2n) is 4.68. The molecule has 3 heterocycles. The van der Waals surface area contributed by atoms with E-state index in [0.717, 1.165) is 37.7 Å². The number of hydrogen-bond acceptors (Lipinski definition) is 6. The van der Waals surface area contributed by atoms with Crippen molar-refractivity contribution in [2.75, 3.05) is 31.2 Å². The highest BCUT2D eigenvalue weighted by molar-refractivity contribution is 7.07. The van der Waals surface area contributed by atoms with Crippen LogP contribution < -0.4 is 10.2 Å². The van der Waals surface area contributed by atoms with Gasteiger partial charge in [0.1, 0.15) is 11.5 Å². The van der Waals surface area contributed by atoms with Crippen molar-refractivity contribution in [3.63, 3.8) is 0 Å². The van der Waals surface area contributed by atoms with Gasteiger partial charge >= 0.3 is 0 Å². The van der Waals surface area contributed by atoms with Crippen molar-refractivity contribution in [3.05, 3.63) is 40.5 Å². The SMILES string of the molecule is O=C(NCc1ccc(N2CCOCC2)nc1)c1cscn1. The van der Waals surface area contributed by atoms with Gasteiger partial charge in [0.25, 0.3) is 5.91 Å². The maximum atomic E-state index is 11.8. The highest BCUT2D eigenvalue weighted by Crippen LogP contribution is 2.13. The van der Waals surface area contributed by atoms with Crippen LogP contribution in [0.4, 0.5) is 5.82 Å². The first-order valence-electron chi connectivity index (χ1n) is 6.77. The van der Waals surface area contributed by atoms with Crippen molar-refractivity contribution in [2.45, 2.75) is 6.54 Å². The van der Waals surface area contributed by atoms with Gasteiger partial charge < -0.3 is 15.0 Å². The van der Waals surface area contributed by atoms with Gasteiger partial charge in [-0.05, 0) is 11.6 Å². The highest BCUT2D eigenvalue weighted by atomic mass is 32.1. The molecule has 1 aliphatic heterocycles. The Morgan fingerprint density at radius 3 is 2.86 bits per heavy atom. The van der Waals surface area contributed by atoms with E-state index in [-0.39, 0.29) is 5.91 Å². The van der Waals surface area contributed by atoms with E-state index < -0.39 is 0 Å². The summed E-state index contributed by atoms with van der Waals surface area (Å²) in [6.45, 7) is 3.67. The number of thiazole rings is 1. The van der Waals surface area contributed by atoms with E-state index in [1.54, 1.807) is 17.1 Å². The lowest BCUT2D eigenvalue weighted by Crippen LogP contribution is -2.36. The second kappa shape index (κ2) is 6.64. The summed E-state index contributed by atoms with van der Waals surface area (Å²) in [6.07, 6.45) is 1.80. The second-order valence-corrected chi connectivity index (χ2v) is 5.40. The fraction of sp³-hybridized carbons (Fsp3) is 0.357. The molecule has 0 aromatic carbocycles. The summed E-state index contributed by atoms with van der Waals surface area (Å²) in [6, 6.07) is 3.97. The molecule has 2 aromatic rings. The maximum absolute atomic E-state index is 11.8. The Balaban J connectivity index is 1.55. The average molecular weight is 304 g/mol. The van der Waals surface area contributed by atoms with Crippen LogP contribution >= 0.6 is 11.3 Å². The van der Waals surface area contributed by atoms with E-state index in [1.165, 1.54) is 11.3 Å². The molecule has 0 aliphatic carbocycles. The van der Waals surface area contributed by atoms with Gasteiger partial charge in [-0.1, -0.05) is 6.07 Å². The molecule has 0 atom stereocenters. The van der Waals surface area contributed by atoms with Crippen molar-refractivity contribution < 1.29 is 9.53 Å². The molecule has 1 aliphatic rings. The van der Waals surface area contributed by atoms with Gasteiger partial charge in [-0.3, -0.25) is 4.79 Å². The van der Waals surface area contributed by atoms with Crippen molar-refractivity contribution in [1.82, 2.24) is 15.3 Å². The number of carbonyl (C=O) groups excluding carboxylic acids is 1. The molecule has 1 saturated heterocycles. The molecule has 1 fully saturated rings. The molecule has 2 aromatic heterocycles. The fourth-order valence-electron chi connectivity index (χ4n) is 2.10. The average Bonchev–Trinajstić information content (AvgIpc) is 3.08. The van der Waals surface area contributed by atoms with E-state index in [2.05, 4.69) is 20.2 Å². The number of amides is 1. The minimum atomic E-state index is -0.159. The predicted octanol–water partition coefficient (Wildman–Crippen LogP) is 1.30. The van der Waals surface area contributed by atoms with Crippen LogP contribution in [0.3, 0.4) is 0 Å². The van der Waals surface area contributed by atoms with E-state index in [9.17, 15) is 4.79 Å². The maximum Gasteiger partial charge on any atom is 0.271 e. The normalized spacial score (nSPS) is 15.0. The van der Waals surface area contributed by atoms with Crippen LogP contribution in [0.1, 0.15) is 16.1 Å². The molecule has 0 saturated carbocycles. The van der Waals surface area contributed by atoms with Crippen molar-refractivity contribution in [1.29, 1.82) is 0 Å². The van der Waals surface area contributed by atoms with Crippen LogP contribution in [0.2, 0.25) is 0 Å². The number of aromatic nitrogens is 2. The smallest absolute Gasteiger partial charge is 0.271 e. The largest absolute Gasteiger partial charge is 0.378 e. The van der Waals surface area contributed by atoms with Gasteiger partial charge in [0.2, 0.25) is 0 Å². The van der Waals surface area contributed by atoms with E-state index in [4.69, 9.17) is 4.74 Å². The predicted molar refractivity (Wildman–Crippen MR) is 80.6 cm³/mol. The van der Waals surface area contributed by atoms with Crippen LogP contribution in [0.15, 0.2) is 29.2 Å². The molecule has 0 spiro atoms. The molecule has 7 heteroatoms. The summed E-state index contributed by atoms with van der Waals surface area (Å²) < 4.78 is 5.32. The summed E-state index contributed by atoms with van der Waals surface area (Å²) in [7, 11) is 0. The lowest BCUT2D eigenvalue weighted by molar-refractivity contribution is 0.0946. The lowest BCUT2D eigenvalue weighted by Gasteiger charge is -2.27. The fourth-order valence-corrected chi connectivity index (χ4v) is 2.63. The highest BCUT2D eigenvalue weighted by Gasteiger charge is 2.12. The topological polar surface area (TPSA) is 67.4 Å². The molecule has 6 nitrogen and oxygen atoms in total. The number of morpholine rings is 1.